The summed E-state index contributed by atoms with van der Waals surface area (Å²) in [6.45, 7) is 3.60. The molecule has 1 heterocycles. The first-order valence-electron chi connectivity index (χ1n) is 7.18. The molecular weight excluding hydrogens is 298 g/mol. The number of aryl methyl sites for hydroxylation is 1. The molecule has 0 bridgehead atoms. The van der Waals surface area contributed by atoms with E-state index >= 15 is 0 Å². The van der Waals surface area contributed by atoms with Gasteiger partial charge < -0.3 is 15.2 Å². The predicted octanol–water partition coefficient (Wildman–Crippen LogP) is 2.13. The number of carboxylic acid groups (broad SMARTS) is 1. The number of amides is 1. The van der Waals surface area contributed by atoms with Crippen molar-refractivity contribution in [1.82, 2.24) is 15.1 Å². The number of ether oxygens (including phenoxy) is 1. The van der Waals surface area contributed by atoms with E-state index < -0.39 is 24.1 Å². The quantitative estimate of drug-likeness (QED) is 0.851. The molecule has 0 fully saturated rings. The van der Waals surface area contributed by atoms with E-state index in [1.165, 1.54) is 4.68 Å². The molecule has 7 nitrogen and oxygen atoms in total. The molecule has 0 spiro atoms. The monoisotopic (exact) mass is 317 g/mol. The Morgan fingerprint density at radius 2 is 2.04 bits per heavy atom. The van der Waals surface area contributed by atoms with Crippen LogP contribution in [0.15, 0.2) is 42.7 Å². The van der Waals surface area contributed by atoms with Crippen LogP contribution < -0.4 is 5.32 Å². The van der Waals surface area contributed by atoms with Crippen LogP contribution in [0.3, 0.4) is 0 Å². The Labute approximate surface area is 133 Å². The second-order valence-electron chi connectivity index (χ2n) is 5.26. The zero-order valence-corrected chi connectivity index (χ0v) is 13.0. The Kier molecular flexibility index (Phi) is 5.35. The maximum absolute atomic E-state index is 11.8. The summed E-state index contributed by atoms with van der Waals surface area (Å²) >= 11 is 0. The van der Waals surface area contributed by atoms with Gasteiger partial charge in [0.15, 0.2) is 6.04 Å². The Balaban J connectivity index is 1.96. The molecular formula is C16H19N3O4. The lowest BCUT2D eigenvalue weighted by atomic mass is 10.1. The van der Waals surface area contributed by atoms with Gasteiger partial charge in [0.1, 0.15) is 6.61 Å². The Bertz CT molecular complexity index is 669. The summed E-state index contributed by atoms with van der Waals surface area (Å²) in [5, 5.41) is 15.8. The molecule has 7 heteroatoms. The molecule has 0 saturated carbocycles. The summed E-state index contributed by atoms with van der Waals surface area (Å²) in [5.74, 6) is -1.15. The van der Waals surface area contributed by atoms with Crippen LogP contribution in [0.4, 0.5) is 4.79 Å². The van der Waals surface area contributed by atoms with E-state index in [9.17, 15) is 14.7 Å². The number of carboxylic acids is 1. The predicted molar refractivity (Wildman–Crippen MR) is 82.9 cm³/mol. The largest absolute Gasteiger partial charge is 0.480 e. The second-order valence-corrected chi connectivity index (χ2v) is 5.26. The summed E-state index contributed by atoms with van der Waals surface area (Å²) in [6, 6.07) is 7.46. The first-order chi connectivity index (χ1) is 11.0. The minimum absolute atomic E-state index is 0.0777. The van der Waals surface area contributed by atoms with Crippen LogP contribution in [0, 0.1) is 6.92 Å². The molecule has 1 aromatic heterocycles. The molecule has 122 valence electrons. The average Bonchev–Trinajstić information content (AvgIpc) is 2.97. The number of aliphatic carboxylic acids is 1. The number of hydrogen-bond acceptors (Lipinski definition) is 4. The van der Waals surface area contributed by atoms with E-state index in [0.29, 0.717) is 0 Å². The average molecular weight is 317 g/mol. The van der Waals surface area contributed by atoms with Crippen LogP contribution in [0.25, 0.3) is 0 Å². The van der Waals surface area contributed by atoms with Gasteiger partial charge in [0, 0.05) is 6.20 Å². The molecule has 1 amide bonds. The zero-order valence-electron chi connectivity index (χ0n) is 13.0. The van der Waals surface area contributed by atoms with Gasteiger partial charge in [-0.1, -0.05) is 30.3 Å². The summed E-state index contributed by atoms with van der Waals surface area (Å²) < 4.78 is 6.56. The molecule has 0 radical (unpaired) electrons. The van der Waals surface area contributed by atoms with Gasteiger partial charge >= 0.3 is 12.1 Å². The van der Waals surface area contributed by atoms with Gasteiger partial charge in [0.2, 0.25) is 0 Å². The van der Waals surface area contributed by atoms with Crippen molar-refractivity contribution >= 4 is 12.1 Å². The number of carbonyl (C=O) groups excluding carboxylic acids is 1. The van der Waals surface area contributed by atoms with Crippen LogP contribution in [-0.2, 0) is 16.1 Å². The van der Waals surface area contributed by atoms with Gasteiger partial charge in [0.25, 0.3) is 0 Å². The molecule has 2 rings (SSSR count). The van der Waals surface area contributed by atoms with Gasteiger partial charge in [-0.3, -0.25) is 4.68 Å². The molecule has 0 aliphatic heterocycles. The fourth-order valence-corrected chi connectivity index (χ4v) is 2.09. The molecule has 0 aliphatic carbocycles. The molecule has 23 heavy (non-hydrogen) atoms. The Morgan fingerprint density at radius 3 is 2.61 bits per heavy atom. The lowest BCUT2D eigenvalue weighted by molar-refractivity contribution is -0.140. The van der Waals surface area contributed by atoms with Gasteiger partial charge in [-0.15, -0.1) is 0 Å². The molecule has 2 N–H and O–H groups in total. The molecule has 1 aromatic carbocycles. The molecule has 0 aliphatic rings. The van der Waals surface area contributed by atoms with Crippen molar-refractivity contribution in [3.8, 4) is 0 Å². The standard InChI is InChI=1S/C16H19N3O4/c1-11-8-17-19(9-11)12(2)14(15(20)21)18-16(22)23-10-13-6-4-3-5-7-13/h3-9,12,14H,10H2,1-2H3,(H,18,22)(H,20,21). The van der Waals surface area contributed by atoms with Crippen molar-refractivity contribution in [2.24, 2.45) is 0 Å². The third kappa shape index (κ3) is 4.57. The fraction of sp³-hybridized carbons (Fsp3) is 0.312. The normalized spacial score (nSPS) is 13.1. The van der Waals surface area contributed by atoms with Gasteiger partial charge in [-0.2, -0.15) is 5.10 Å². The maximum atomic E-state index is 11.8. The van der Waals surface area contributed by atoms with Crippen molar-refractivity contribution in [3.05, 3.63) is 53.9 Å². The van der Waals surface area contributed by atoms with Gasteiger partial charge in [-0.05, 0) is 25.0 Å². The molecule has 2 atom stereocenters. The third-order valence-electron chi connectivity index (χ3n) is 3.38. The van der Waals surface area contributed by atoms with E-state index in [1.807, 2.05) is 37.3 Å². The summed E-state index contributed by atoms with van der Waals surface area (Å²) in [4.78, 5) is 23.3. The number of hydrogen-bond donors (Lipinski definition) is 2. The third-order valence-corrected chi connectivity index (χ3v) is 3.38. The number of rotatable bonds is 6. The van der Waals surface area contributed by atoms with Crippen LogP contribution >= 0.6 is 0 Å². The van der Waals surface area contributed by atoms with Crippen molar-refractivity contribution in [3.63, 3.8) is 0 Å². The highest BCUT2D eigenvalue weighted by atomic mass is 16.5. The van der Waals surface area contributed by atoms with Crippen LogP contribution in [0.5, 0.6) is 0 Å². The van der Waals surface area contributed by atoms with Crippen LogP contribution in [0.1, 0.15) is 24.1 Å². The maximum Gasteiger partial charge on any atom is 0.408 e. The van der Waals surface area contributed by atoms with E-state index in [4.69, 9.17) is 4.74 Å². The SMILES string of the molecule is Cc1cnn(C(C)C(NC(=O)OCc2ccccc2)C(=O)O)c1. The topological polar surface area (TPSA) is 93.5 Å². The van der Waals surface area contributed by atoms with Crippen molar-refractivity contribution in [2.45, 2.75) is 32.5 Å². The number of nitrogens with one attached hydrogen (secondary N) is 1. The summed E-state index contributed by atoms with van der Waals surface area (Å²) in [5.41, 5.74) is 1.73. The highest BCUT2D eigenvalue weighted by Crippen LogP contribution is 2.12. The number of benzene rings is 1. The first-order valence-corrected chi connectivity index (χ1v) is 7.18. The highest BCUT2D eigenvalue weighted by Gasteiger charge is 2.28. The highest BCUT2D eigenvalue weighted by molar-refractivity contribution is 5.80. The smallest absolute Gasteiger partial charge is 0.408 e. The molecule has 2 unspecified atom stereocenters. The lowest BCUT2D eigenvalue weighted by Gasteiger charge is -2.21. The minimum Gasteiger partial charge on any atom is -0.480 e. The van der Waals surface area contributed by atoms with Crippen LogP contribution in [0.2, 0.25) is 0 Å². The van der Waals surface area contributed by atoms with Crippen molar-refractivity contribution in [1.29, 1.82) is 0 Å². The van der Waals surface area contributed by atoms with Gasteiger partial charge in [-0.25, -0.2) is 9.59 Å². The van der Waals surface area contributed by atoms with Crippen LogP contribution in [-0.4, -0.2) is 33.0 Å². The number of carbonyl (C=O) groups is 2. The lowest BCUT2D eigenvalue weighted by Crippen LogP contribution is -2.46. The van der Waals surface area contributed by atoms with E-state index in [0.717, 1.165) is 11.1 Å². The minimum atomic E-state index is -1.15. The fourth-order valence-electron chi connectivity index (χ4n) is 2.09. The number of nitrogens with zero attached hydrogens (tertiary/aromatic N) is 2. The first kappa shape index (κ1) is 16.5. The number of aromatic nitrogens is 2. The molecule has 2 aromatic rings. The zero-order chi connectivity index (χ0) is 16.8. The van der Waals surface area contributed by atoms with Gasteiger partial charge in [0.05, 0.1) is 12.2 Å². The summed E-state index contributed by atoms with van der Waals surface area (Å²) in [6.07, 6.45) is 2.57. The van der Waals surface area contributed by atoms with E-state index in [1.54, 1.807) is 19.3 Å². The Hall–Kier alpha value is -2.83. The summed E-state index contributed by atoms with van der Waals surface area (Å²) in [7, 11) is 0. The number of alkyl carbamates (subject to hydrolysis) is 1. The second kappa shape index (κ2) is 7.44. The van der Waals surface area contributed by atoms with Crippen molar-refractivity contribution < 1.29 is 19.4 Å². The molecule has 0 saturated heterocycles. The Morgan fingerprint density at radius 1 is 1.35 bits per heavy atom. The van der Waals surface area contributed by atoms with E-state index in [2.05, 4.69) is 10.4 Å². The van der Waals surface area contributed by atoms with Crippen molar-refractivity contribution in [2.75, 3.05) is 0 Å². The van der Waals surface area contributed by atoms with E-state index in [-0.39, 0.29) is 6.61 Å².